The summed E-state index contributed by atoms with van der Waals surface area (Å²) in [5.41, 5.74) is 0. The molecule has 2 fully saturated rings. The highest BCUT2D eigenvalue weighted by Gasteiger charge is 2.36. The number of fused-ring (bicyclic) bond motifs is 2. The molecule has 0 aromatic rings. The number of rotatable bonds is 0. The maximum absolute atomic E-state index is 10.8. The molecule has 0 spiro atoms. The SMILES string of the molecule is O=C1CC[C@H]2COC1O2. The van der Waals surface area contributed by atoms with Gasteiger partial charge in [0.15, 0.2) is 5.78 Å². The molecule has 0 radical (unpaired) electrons. The Labute approximate surface area is 52.9 Å². The first-order chi connectivity index (χ1) is 4.36. The number of ether oxygens (including phenoxy) is 2. The second-order valence-electron chi connectivity index (χ2n) is 2.43. The fourth-order valence-electron chi connectivity index (χ4n) is 1.19. The largest absolute Gasteiger partial charge is 0.343 e. The van der Waals surface area contributed by atoms with E-state index in [9.17, 15) is 4.79 Å². The molecule has 1 unspecified atom stereocenters. The molecule has 50 valence electrons. The molecule has 3 nitrogen and oxygen atoms in total. The molecular weight excluding hydrogens is 120 g/mol. The Hall–Kier alpha value is -0.410. The minimum atomic E-state index is -0.510. The summed E-state index contributed by atoms with van der Waals surface area (Å²) in [5.74, 6) is 0.101. The summed E-state index contributed by atoms with van der Waals surface area (Å²) >= 11 is 0. The van der Waals surface area contributed by atoms with E-state index in [0.29, 0.717) is 13.0 Å². The monoisotopic (exact) mass is 128 g/mol. The molecule has 2 atom stereocenters. The highest BCUT2D eigenvalue weighted by atomic mass is 16.7. The Bertz CT molecular complexity index is 143. The van der Waals surface area contributed by atoms with Crippen molar-refractivity contribution in [2.75, 3.05) is 6.61 Å². The normalized spacial score (nSPS) is 41.6. The summed E-state index contributed by atoms with van der Waals surface area (Å²) in [5, 5.41) is 0. The summed E-state index contributed by atoms with van der Waals surface area (Å²) in [6, 6.07) is 0. The van der Waals surface area contributed by atoms with Crippen molar-refractivity contribution in [2.24, 2.45) is 0 Å². The molecule has 2 saturated heterocycles. The van der Waals surface area contributed by atoms with Crippen LogP contribution in [0.3, 0.4) is 0 Å². The van der Waals surface area contributed by atoms with Crippen molar-refractivity contribution in [1.82, 2.24) is 0 Å². The van der Waals surface area contributed by atoms with Gasteiger partial charge < -0.3 is 9.47 Å². The van der Waals surface area contributed by atoms with Gasteiger partial charge in [-0.3, -0.25) is 4.79 Å². The summed E-state index contributed by atoms with van der Waals surface area (Å²) < 4.78 is 10.2. The van der Waals surface area contributed by atoms with E-state index < -0.39 is 6.29 Å². The molecule has 3 heteroatoms. The number of ketones is 1. The van der Waals surface area contributed by atoms with Crippen molar-refractivity contribution >= 4 is 5.78 Å². The van der Waals surface area contributed by atoms with Crippen LogP contribution in [0.1, 0.15) is 12.8 Å². The van der Waals surface area contributed by atoms with Gasteiger partial charge in [0.2, 0.25) is 6.29 Å². The zero-order valence-corrected chi connectivity index (χ0v) is 5.00. The topological polar surface area (TPSA) is 35.5 Å². The van der Waals surface area contributed by atoms with Crippen LogP contribution in [-0.2, 0) is 14.3 Å². The van der Waals surface area contributed by atoms with E-state index in [1.165, 1.54) is 0 Å². The average Bonchev–Trinajstić information content (AvgIpc) is 2.25. The van der Waals surface area contributed by atoms with Crippen molar-refractivity contribution in [2.45, 2.75) is 25.2 Å². The van der Waals surface area contributed by atoms with Crippen LogP contribution in [0.5, 0.6) is 0 Å². The van der Waals surface area contributed by atoms with E-state index >= 15 is 0 Å². The lowest BCUT2D eigenvalue weighted by Gasteiger charge is -2.15. The first-order valence-corrected chi connectivity index (χ1v) is 3.16. The summed E-state index contributed by atoms with van der Waals surface area (Å²) in [6.45, 7) is 0.608. The van der Waals surface area contributed by atoms with E-state index in [-0.39, 0.29) is 11.9 Å². The van der Waals surface area contributed by atoms with Gasteiger partial charge >= 0.3 is 0 Å². The van der Waals surface area contributed by atoms with Crippen LogP contribution in [0.4, 0.5) is 0 Å². The number of carbonyl (C=O) groups is 1. The van der Waals surface area contributed by atoms with Crippen LogP contribution in [0.25, 0.3) is 0 Å². The van der Waals surface area contributed by atoms with Crippen molar-refractivity contribution in [3.63, 3.8) is 0 Å². The Kier molecular flexibility index (Phi) is 1.07. The third-order valence-corrected chi connectivity index (χ3v) is 1.73. The number of Topliss-reactive ketones (excluding diaryl/α,β-unsaturated/α-hetero) is 1. The molecule has 2 aliphatic rings. The lowest BCUT2D eigenvalue weighted by Crippen LogP contribution is -2.27. The number of carbonyl (C=O) groups excluding carboxylic acids is 1. The molecule has 2 bridgehead atoms. The standard InChI is InChI=1S/C6H8O3/c7-5-2-1-4-3-8-6(5)9-4/h4,6H,1-3H2/t4-,6?/m0/s1. The molecule has 0 aromatic heterocycles. The van der Waals surface area contributed by atoms with E-state index in [1.807, 2.05) is 0 Å². The molecule has 0 aliphatic carbocycles. The third kappa shape index (κ3) is 0.767. The molecule has 2 heterocycles. The zero-order chi connectivity index (χ0) is 6.27. The van der Waals surface area contributed by atoms with Gasteiger partial charge in [-0.2, -0.15) is 0 Å². The van der Waals surface area contributed by atoms with Crippen LogP contribution in [0.15, 0.2) is 0 Å². The molecule has 0 aromatic carbocycles. The van der Waals surface area contributed by atoms with E-state index in [2.05, 4.69) is 0 Å². The van der Waals surface area contributed by atoms with Gasteiger partial charge in [0, 0.05) is 6.42 Å². The predicted octanol–water partition coefficient (Wildman–Crippen LogP) is 0.0908. The predicted molar refractivity (Wildman–Crippen MR) is 28.9 cm³/mol. The van der Waals surface area contributed by atoms with E-state index in [1.54, 1.807) is 0 Å². The number of hydrogen-bond acceptors (Lipinski definition) is 3. The molecule has 2 aliphatic heterocycles. The van der Waals surface area contributed by atoms with Gasteiger partial charge in [0.1, 0.15) is 0 Å². The highest BCUT2D eigenvalue weighted by Crippen LogP contribution is 2.23. The van der Waals surface area contributed by atoms with E-state index in [4.69, 9.17) is 9.47 Å². The molecule has 0 saturated carbocycles. The Morgan fingerprint density at radius 2 is 2.44 bits per heavy atom. The van der Waals surface area contributed by atoms with Gasteiger partial charge in [-0.25, -0.2) is 0 Å². The Morgan fingerprint density at radius 3 is 3.22 bits per heavy atom. The zero-order valence-electron chi connectivity index (χ0n) is 5.00. The second kappa shape index (κ2) is 1.78. The van der Waals surface area contributed by atoms with Gasteiger partial charge in [0.05, 0.1) is 12.7 Å². The summed E-state index contributed by atoms with van der Waals surface area (Å²) in [7, 11) is 0. The van der Waals surface area contributed by atoms with E-state index in [0.717, 1.165) is 6.42 Å². The summed E-state index contributed by atoms with van der Waals surface area (Å²) in [6.07, 6.45) is 1.17. The molecule has 9 heavy (non-hydrogen) atoms. The average molecular weight is 128 g/mol. The van der Waals surface area contributed by atoms with Crippen LogP contribution < -0.4 is 0 Å². The van der Waals surface area contributed by atoms with Crippen LogP contribution in [-0.4, -0.2) is 24.8 Å². The molecule has 2 rings (SSSR count). The Balaban J connectivity index is 2.14. The quantitative estimate of drug-likeness (QED) is 0.464. The van der Waals surface area contributed by atoms with Gasteiger partial charge in [-0.05, 0) is 6.42 Å². The number of hydrogen-bond donors (Lipinski definition) is 0. The minimum Gasteiger partial charge on any atom is -0.343 e. The van der Waals surface area contributed by atoms with Gasteiger partial charge in [-0.1, -0.05) is 0 Å². The first-order valence-electron chi connectivity index (χ1n) is 3.16. The van der Waals surface area contributed by atoms with Crippen LogP contribution in [0, 0.1) is 0 Å². The maximum atomic E-state index is 10.8. The van der Waals surface area contributed by atoms with Crippen molar-refractivity contribution in [3.8, 4) is 0 Å². The molecule has 0 N–H and O–H groups in total. The fraction of sp³-hybridized carbons (Fsp3) is 0.833. The second-order valence-corrected chi connectivity index (χ2v) is 2.43. The van der Waals surface area contributed by atoms with Crippen molar-refractivity contribution < 1.29 is 14.3 Å². The maximum Gasteiger partial charge on any atom is 0.218 e. The van der Waals surface area contributed by atoms with Gasteiger partial charge in [0.25, 0.3) is 0 Å². The minimum absolute atomic E-state index is 0.101. The molecular formula is C6H8O3. The lowest BCUT2D eigenvalue weighted by molar-refractivity contribution is -0.152. The molecule has 0 amide bonds. The first kappa shape index (κ1) is 5.38. The summed E-state index contributed by atoms with van der Waals surface area (Å²) in [4.78, 5) is 10.8. The van der Waals surface area contributed by atoms with Gasteiger partial charge in [-0.15, -0.1) is 0 Å². The smallest absolute Gasteiger partial charge is 0.218 e. The fourth-order valence-corrected chi connectivity index (χ4v) is 1.19. The van der Waals surface area contributed by atoms with Crippen molar-refractivity contribution in [3.05, 3.63) is 0 Å². The van der Waals surface area contributed by atoms with Crippen molar-refractivity contribution in [1.29, 1.82) is 0 Å². The van der Waals surface area contributed by atoms with Crippen LogP contribution in [0.2, 0.25) is 0 Å². The lowest BCUT2D eigenvalue weighted by atomic mass is 10.1. The Morgan fingerprint density at radius 1 is 1.56 bits per heavy atom. The van der Waals surface area contributed by atoms with Crippen LogP contribution >= 0.6 is 0 Å². The third-order valence-electron chi connectivity index (χ3n) is 1.73. The highest BCUT2D eigenvalue weighted by molar-refractivity contribution is 5.82.